The maximum atomic E-state index is 10.6. The van der Waals surface area contributed by atoms with Crippen LogP contribution in [0.25, 0.3) is 0 Å². The van der Waals surface area contributed by atoms with Crippen molar-refractivity contribution in [1.29, 1.82) is 0 Å². The van der Waals surface area contributed by atoms with Crippen LogP contribution in [0.5, 0.6) is 0 Å². The number of allylic oxidation sites excluding steroid dienone is 2. The molecule has 114 valence electrons. The smallest absolute Gasteiger partial charge is 0.0645 e. The molecule has 0 aromatic rings. The van der Waals surface area contributed by atoms with E-state index in [2.05, 4.69) is 19.9 Å². The lowest BCUT2D eigenvalue weighted by Crippen LogP contribution is -2.32. The number of fused-ring (bicyclic) bond motifs is 2. The molecule has 3 aliphatic rings. The second-order valence-electron chi connectivity index (χ2n) is 7.79. The molecule has 3 aliphatic carbocycles. The quantitative estimate of drug-likeness (QED) is 0.696. The van der Waals surface area contributed by atoms with Crippen molar-refractivity contribution in [3.8, 4) is 0 Å². The van der Waals surface area contributed by atoms with Gasteiger partial charge >= 0.3 is 0 Å². The van der Waals surface area contributed by atoms with Gasteiger partial charge in [-0.15, -0.1) is 0 Å². The first-order valence-corrected chi connectivity index (χ1v) is 9.05. The van der Waals surface area contributed by atoms with Crippen molar-refractivity contribution in [2.24, 2.45) is 23.7 Å². The maximum absolute atomic E-state index is 10.6. The Morgan fingerprint density at radius 2 is 1.75 bits per heavy atom. The number of hydrogen-bond acceptors (Lipinski definition) is 1. The fourth-order valence-corrected chi connectivity index (χ4v) is 5.17. The summed E-state index contributed by atoms with van der Waals surface area (Å²) in [6.07, 6.45) is 15.1. The molecule has 5 atom stereocenters. The third-order valence-corrected chi connectivity index (χ3v) is 6.81. The van der Waals surface area contributed by atoms with Crippen molar-refractivity contribution in [3.63, 3.8) is 0 Å². The summed E-state index contributed by atoms with van der Waals surface area (Å²) in [6, 6.07) is 0. The van der Waals surface area contributed by atoms with Crippen molar-refractivity contribution in [1.82, 2.24) is 0 Å². The first-order chi connectivity index (χ1) is 9.63. The van der Waals surface area contributed by atoms with Gasteiger partial charge in [0.05, 0.1) is 5.60 Å². The topological polar surface area (TPSA) is 20.2 Å². The zero-order valence-corrected chi connectivity index (χ0v) is 13.4. The minimum absolute atomic E-state index is 0.340. The molecule has 0 radical (unpaired) electrons. The fourth-order valence-electron chi connectivity index (χ4n) is 5.17. The zero-order chi connectivity index (χ0) is 14.2. The van der Waals surface area contributed by atoms with Gasteiger partial charge in [-0.1, -0.05) is 25.5 Å². The minimum Gasteiger partial charge on any atom is -0.390 e. The Bertz CT molecular complexity index is 372. The zero-order valence-electron chi connectivity index (χ0n) is 13.4. The minimum atomic E-state index is -0.340. The predicted molar refractivity (Wildman–Crippen MR) is 84.5 cm³/mol. The largest absolute Gasteiger partial charge is 0.390 e. The van der Waals surface area contributed by atoms with Crippen molar-refractivity contribution in [2.75, 3.05) is 0 Å². The molecule has 1 nitrogen and oxygen atoms in total. The first kappa shape index (κ1) is 14.6. The van der Waals surface area contributed by atoms with E-state index in [1.165, 1.54) is 44.9 Å². The van der Waals surface area contributed by atoms with Crippen LogP contribution in [0.4, 0.5) is 0 Å². The second kappa shape index (κ2) is 5.83. The third kappa shape index (κ3) is 2.84. The fraction of sp³-hybridized carbons (Fsp3) is 0.895. The second-order valence-corrected chi connectivity index (χ2v) is 7.79. The van der Waals surface area contributed by atoms with Gasteiger partial charge in [-0.25, -0.2) is 0 Å². The molecule has 1 heteroatoms. The van der Waals surface area contributed by atoms with Gasteiger partial charge in [-0.2, -0.15) is 0 Å². The molecule has 0 bridgehead atoms. The predicted octanol–water partition coefficient (Wildman–Crippen LogP) is 5.09. The lowest BCUT2D eigenvalue weighted by Gasteiger charge is -2.42. The molecule has 3 rings (SSSR count). The molecule has 0 spiro atoms. The van der Waals surface area contributed by atoms with Gasteiger partial charge in [0.2, 0.25) is 0 Å². The Morgan fingerprint density at radius 3 is 2.40 bits per heavy atom. The van der Waals surface area contributed by atoms with E-state index in [0.29, 0.717) is 0 Å². The van der Waals surface area contributed by atoms with E-state index in [-0.39, 0.29) is 5.60 Å². The standard InChI is InChI=1S/C19H32O/c1-3-14-5-6-15-12-16-7-9-19(20,4-2)10-8-17(16)13-18(15)11-14/h11,15-18,20H,3-10,12-13H2,1-2H3. The highest BCUT2D eigenvalue weighted by molar-refractivity contribution is 5.11. The number of hydrogen-bond donors (Lipinski definition) is 1. The Morgan fingerprint density at radius 1 is 1.05 bits per heavy atom. The Hall–Kier alpha value is -0.300. The number of aliphatic hydroxyl groups is 1. The van der Waals surface area contributed by atoms with Gasteiger partial charge in [-0.3, -0.25) is 0 Å². The molecule has 0 aromatic heterocycles. The van der Waals surface area contributed by atoms with E-state index in [1.54, 1.807) is 5.57 Å². The molecule has 0 aliphatic heterocycles. The van der Waals surface area contributed by atoms with Crippen LogP contribution in [0.2, 0.25) is 0 Å². The van der Waals surface area contributed by atoms with Gasteiger partial charge in [0.25, 0.3) is 0 Å². The highest BCUT2D eigenvalue weighted by Gasteiger charge is 2.41. The van der Waals surface area contributed by atoms with E-state index in [9.17, 15) is 5.11 Å². The van der Waals surface area contributed by atoms with E-state index in [1.807, 2.05) is 0 Å². The average Bonchev–Trinajstić information content (AvgIpc) is 2.65. The van der Waals surface area contributed by atoms with Crippen LogP contribution in [-0.2, 0) is 0 Å². The Labute approximate surface area is 124 Å². The summed E-state index contributed by atoms with van der Waals surface area (Å²) in [5, 5.41) is 10.6. The van der Waals surface area contributed by atoms with Gasteiger partial charge in [0, 0.05) is 0 Å². The van der Waals surface area contributed by atoms with Crippen LogP contribution in [0.15, 0.2) is 11.6 Å². The van der Waals surface area contributed by atoms with Crippen molar-refractivity contribution in [2.45, 2.75) is 83.7 Å². The van der Waals surface area contributed by atoms with Gasteiger partial charge in [0.15, 0.2) is 0 Å². The van der Waals surface area contributed by atoms with Crippen molar-refractivity contribution in [3.05, 3.63) is 11.6 Å². The van der Waals surface area contributed by atoms with Gasteiger partial charge in [0.1, 0.15) is 0 Å². The summed E-state index contributed by atoms with van der Waals surface area (Å²) in [5.74, 6) is 3.63. The monoisotopic (exact) mass is 276 g/mol. The molecule has 20 heavy (non-hydrogen) atoms. The van der Waals surface area contributed by atoms with Crippen LogP contribution in [-0.4, -0.2) is 10.7 Å². The molecule has 2 fully saturated rings. The highest BCUT2D eigenvalue weighted by atomic mass is 16.3. The summed E-state index contributed by atoms with van der Waals surface area (Å²) < 4.78 is 0. The van der Waals surface area contributed by atoms with Crippen molar-refractivity contribution >= 4 is 0 Å². The van der Waals surface area contributed by atoms with Crippen molar-refractivity contribution < 1.29 is 5.11 Å². The van der Waals surface area contributed by atoms with Gasteiger partial charge in [-0.05, 0) is 87.9 Å². The summed E-state index contributed by atoms with van der Waals surface area (Å²) in [7, 11) is 0. The molecule has 0 heterocycles. The molecule has 1 N–H and O–H groups in total. The SMILES string of the molecule is CCC1=CC2CC3CCC(O)(CC)CCC3CC2CC1. The number of rotatable bonds is 2. The Balaban J connectivity index is 1.70. The third-order valence-electron chi connectivity index (χ3n) is 6.81. The Kier molecular flexibility index (Phi) is 4.26. The summed E-state index contributed by atoms with van der Waals surface area (Å²) in [4.78, 5) is 0. The summed E-state index contributed by atoms with van der Waals surface area (Å²) in [5.41, 5.74) is 1.37. The lowest BCUT2D eigenvalue weighted by molar-refractivity contribution is 0.0195. The van der Waals surface area contributed by atoms with Gasteiger partial charge < -0.3 is 5.11 Å². The molecule has 2 saturated carbocycles. The van der Waals surface area contributed by atoms with E-state index >= 15 is 0 Å². The van der Waals surface area contributed by atoms with E-state index in [0.717, 1.165) is 42.9 Å². The van der Waals surface area contributed by atoms with E-state index in [4.69, 9.17) is 0 Å². The summed E-state index contributed by atoms with van der Waals surface area (Å²) >= 11 is 0. The lowest BCUT2D eigenvalue weighted by atomic mass is 9.63. The maximum Gasteiger partial charge on any atom is 0.0645 e. The molecular formula is C19H32O. The summed E-state index contributed by atoms with van der Waals surface area (Å²) in [6.45, 7) is 4.47. The molecule has 0 saturated heterocycles. The highest BCUT2D eigenvalue weighted by Crippen LogP contribution is 2.50. The normalized spacial score (nSPS) is 45.0. The van der Waals surface area contributed by atoms with Crippen LogP contribution in [0, 0.1) is 23.7 Å². The molecule has 0 aromatic carbocycles. The van der Waals surface area contributed by atoms with Crippen LogP contribution < -0.4 is 0 Å². The van der Waals surface area contributed by atoms with Crippen LogP contribution >= 0.6 is 0 Å². The molecule has 0 amide bonds. The van der Waals surface area contributed by atoms with Crippen LogP contribution in [0.1, 0.15) is 78.1 Å². The van der Waals surface area contributed by atoms with E-state index < -0.39 is 0 Å². The molecule has 5 unspecified atom stereocenters. The first-order valence-electron chi connectivity index (χ1n) is 9.05. The average molecular weight is 276 g/mol. The van der Waals surface area contributed by atoms with Crippen LogP contribution in [0.3, 0.4) is 0 Å². The molecular weight excluding hydrogens is 244 g/mol.